The van der Waals surface area contributed by atoms with Crippen LogP contribution in [0.1, 0.15) is 63.5 Å². The maximum Gasteiger partial charge on any atom is 0.239 e. The van der Waals surface area contributed by atoms with Crippen molar-refractivity contribution in [3.63, 3.8) is 0 Å². The van der Waals surface area contributed by atoms with Crippen LogP contribution in [0.15, 0.2) is 18.2 Å². The number of aryl methyl sites for hydroxylation is 1. The molecule has 156 valence electrons. The Hall–Kier alpha value is -1.55. The fourth-order valence-electron chi connectivity index (χ4n) is 4.75. The fourth-order valence-corrected chi connectivity index (χ4v) is 4.75. The molecular weight excluding hydrogens is 346 g/mol. The molecule has 1 aromatic rings. The van der Waals surface area contributed by atoms with Gasteiger partial charge in [0.05, 0.1) is 5.54 Å². The summed E-state index contributed by atoms with van der Waals surface area (Å²) < 4.78 is 0. The Balaban J connectivity index is 1.53. The first-order chi connectivity index (χ1) is 13.4. The van der Waals surface area contributed by atoms with Gasteiger partial charge in [0.25, 0.3) is 0 Å². The van der Waals surface area contributed by atoms with E-state index in [9.17, 15) is 4.79 Å². The summed E-state index contributed by atoms with van der Waals surface area (Å²) in [7, 11) is 0. The second-order valence-corrected chi connectivity index (χ2v) is 9.32. The number of benzene rings is 1. The van der Waals surface area contributed by atoms with E-state index in [1.165, 1.54) is 55.3 Å². The van der Waals surface area contributed by atoms with Gasteiger partial charge >= 0.3 is 0 Å². The quantitative estimate of drug-likeness (QED) is 0.768. The number of carbonyl (C=O) groups excluding carboxylic acids is 1. The topological polar surface area (TPSA) is 35.6 Å². The van der Waals surface area contributed by atoms with Crippen molar-refractivity contribution in [2.45, 2.75) is 71.8 Å². The average Bonchev–Trinajstić information content (AvgIpc) is 2.97. The lowest BCUT2D eigenvalue weighted by molar-refractivity contribution is -0.132. The first kappa shape index (κ1) is 21.2. The van der Waals surface area contributed by atoms with Crippen molar-refractivity contribution in [1.82, 2.24) is 10.2 Å². The Bertz CT molecular complexity index is 654. The van der Waals surface area contributed by atoms with E-state index in [2.05, 4.69) is 61.0 Å². The molecule has 0 bridgehead atoms. The molecule has 1 aliphatic heterocycles. The molecule has 1 N–H and O–H groups in total. The molecule has 1 aromatic carbocycles. The third kappa shape index (κ3) is 4.89. The van der Waals surface area contributed by atoms with Crippen LogP contribution in [0, 0.1) is 19.8 Å². The smallest absolute Gasteiger partial charge is 0.239 e. The summed E-state index contributed by atoms with van der Waals surface area (Å²) in [4.78, 5) is 17.8. The average molecular weight is 386 g/mol. The molecule has 0 atom stereocenters. The van der Waals surface area contributed by atoms with Gasteiger partial charge in [-0.15, -0.1) is 0 Å². The molecule has 2 aliphatic rings. The molecule has 28 heavy (non-hydrogen) atoms. The summed E-state index contributed by atoms with van der Waals surface area (Å²) in [5.74, 6) is 0.861. The monoisotopic (exact) mass is 385 g/mol. The van der Waals surface area contributed by atoms with Gasteiger partial charge < -0.3 is 10.2 Å². The van der Waals surface area contributed by atoms with E-state index in [0.717, 1.165) is 32.7 Å². The van der Waals surface area contributed by atoms with E-state index in [-0.39, 0.29) is 5.91 Å². The van der Waals surface area contributed by atoms with Crippen LogP contribution < -0.4 is 10.2 Å². The van der Waals surface area contributed by atoms with Gasteiger partial charge in [-0.3, -0.25) is 9.69 Å². The predicted octanol–water partition coefficient (Wildman–Crippen LogP) is 4.29. The van der Waals surface area contributed by atoms with Crippen LogP contribution in [0.4, 0.5) is 5.69 Å². The second-order valence-electron chi connectivity index (χ2n) is 9.32. The maximum absolute atomic E-state index is 13.0. The number of rotatable bonds is 5. The number of amides is 1. The van der Waals surface area contributed by atoms with Gasteiger partial charge in [-0.05, 0) is 63.6 Å². The Morgan fingerprint density at radius 3 is 2.32 bits per heavy atom. The zero-order chi connectivity index (χ0) is 20.1. The van der Waals surface area contributed by atoms with Gasteiger partial charge in [0.15, 0.2) is 0 Å². The third-order valence-electron chi connectivity index (χ3n) is 7.07. The molecule has 0 spiro atoms. The zero-order valence-corrected chi connectivity index (χ0v) is 18.4. The SMILES string of the molecule is Cc1cccc(N2CCN(C(C)(C)C(=O)NCC3CCCCCC3)CC2)c1C. The van der Waals surface area contributed by atoms with Crippen LogP contribution in [0.5, 0.6) is 0 Å². The standard InChI is InChI=1S/C24H39N3O/c1-19-10-9-13-22(20(19)2)26-14-16-27(17-15-26)24(3,4)23(28)25-18-21-11-7-5-6-8-12-21/h9-10,13,21H,5-8,11-12,14-18H2,1-4H3,(H,25,28). The summed E-state index contributed by atoms with van der Waals surface area (Å²) in [6.45, 7) is 13.2. The van der Waals surface area contributed by atoms with Crippen LogP contribution in [-0.4, -0.2) is 49.1 Å². The number of hydrogen-bond acceptors (Lipinski definition) is 3. The van der Waals surface area contributed by atoms with Crippen LogP contribution in [-0.2, 0) is 4.79 Å². The van der Waals surface area contributed by atoms with Crippen molar-refractivity contribution in [3.05, 3.63) is 29.3 Å². The highest BCUT2D eigenvalue weighted by Gasteiger charge is 2.36. The largest absolute Gasteiger partial charge is 0.369 e. The molecule has 1 saturated carbocycles. The second kappa shape index (κ2) is 9.30. The predicted molar refractivity (Wildman–Crippen MR) is 118 cm³/mol. The Labute approximate surface area is 171 Å². The van der Waals surface area contributed by atoms with E-state index < -0.39 is 5.54 Å². The van der Waals surface area contributed by atoms with Gasteiger partial charge in [-0.25, -0.2) is 0 Å². The van der Waals surface area contributed by atoms with Gasteiger partial charge in [-0.2, -0.15) is 0 Å². The highest BCUT2D eigenvalue weighted by Crippen LogP contribution is 2.26. The van der Waals surface area contributed by atoms with E-state index in [1.807, 2.05) is 0 Å². The van der Waals surface area contributed by atoms with E-state index >= 15 is 0 Å². The summed E-state index contributed by atoms with van der Waals surface area (Å²) in [5, 5.41) is 3.28. The minimum absolute atomic E-state index is 0.192. The van der Waals surface area contributed by atoms with Crippen molar-refractivity contribution in [2.24, 2.45) is 5.92 Å². The fraction of sp³-hybridized carbons (Fsp3) is 0.708. The van der Waals surface area contributed by atoms with E-state index in [0.29, 0.717) is 5.92 Å². The minimum atomic E-state index is -0.446. The van der Waals surface area contributed by atoms with Crippen molar-refractivity contribution in [3.8, 4) is 0 Å². The molecule has 1 saturated heterocycles. The summed E-state index contributed by atoms with van der Waals surface area (Å²) >= 11 is 0. The normalized spacial score (nSPS) is 20.1. The third-order valence-corrected chi connectivity index (χ3v) is 7.07. The first-order valence-electron chi connectivity index (χ1n) is 11.2. The van der Waals surface area contributed by atoms with Crippen molar-refractivity contribution < 1.29 is 4.79 Å². The van der Waals surface area contributed by atoms with Crippen LogP contribution >= 0.6 is 0 Å². The number of hydrogen-bond donors (Lipinski definition) is 1. The van der Waals surface area contributed by atoms with Crippen molar-refractivity contribution in [1.29, 1.82) is 0 Å². The molecular formula is C24H39N3O. The van der Waals surface area contributed by atoms with Crippen molar-refractivity contribution >= 4 is 11.6 Å². The lowest BCUT2D eigenvalue weighted by atomic mass is 9.97. The summed E-state index contributed by atoms with van der Waals surface area (Å²) in [5.41, 5.74) is 3.61. The van der Waals surface area contributed by atoms with E-state index in [4.69, 9.17) is 0 Å². The Kier molecular flexibility index (Phi) is 7.03. The molecule has 0 radical (unpaired) electrons. The molecule has 0 unspecified atom stereocenters. The van der Waals surface area contributed by atoms with E-state index in [1.54, 1.807) is 0 Å². The molecule has 1 heterocycles. The molecule has 2 fully saturated rings. The van der Waals surface area contributed by atoms with Crippen LogP contribution in [0.25, 0.3) is 0 Å². The number of carbonyl (C=O) groups is 1. The number of piperazine rings is 1. The van der Waals surface area contributed by atoms with Gasteiger partial charge in [0, 0.05) is 38.4 Å². The highest BCUT2D eigenvalue weighted by atomic mass is 16.2. The lowest BCUT2D eigenvalue weighted by Crippen LogP contribution is -2.61. The molecule has 0 aromatic heterocycles. The van der Waals surface area contributed by atoms with Gasteiger partial charge in [-0.1, -0.05) is 37.8 Å². The zero-order valence-electron chi connectivity index (χ0n) is 18.4. The Morgan fingerprint density at radius 1 is 1.04 bits per heavy atom. The number of anilines is 1. The molecule has 3 rings (SSSR count). The lowest BCUT2D eigenvalue weighted by Gasteiger charge is -2.44. The van der Waals surface area contributed by atoms with Crippen LogP contribution in [0.3, 0.4) is 0 Å². The number of nitrogens with one attached hydrogen (secondary N) is 1. The minimum Gasteiger partial charge on any atom is -0.369 e. The maximum atomic E-state index is 13.0. The highest BCUT2D eigenvalue weighted by molar-refractivity contribution is 5.85. The summed E-state index contributed by atoms with van der Waals surface area (Å²) in [6, 6.07) is 6.55. The molecule has 1 amide bonds. The van der Waals surface area contributed by atoms with Gasteiger partial charge in [0.1, 0.15) is 0 Å². The van der Waals surface area contributed by atoms with Gasteiger partial charge in [0.2, 0.25) is 5.91 Å². The van der Waals surface area contributed by atoms with Crippen molar-refractivity contribution in [2.75, 3.05) is 37.6 Å². The first-order valence-corrected chi connectivity index (χ1v) is 11.2. The summed E-state index contributed by atoms with van der Waals surface area (Å²) in [6.07, 6.45) is 7.92. The van der Waals surface area contributed by atoms with Crippen LogP contribution in [0.2, 0.25) is 0 Å². The molecule has 4 heteroatoms. The number of nitrogens with zero attached hydrogens (tertiary/aromatic N) is 2. The molecule has 4 nitrogen and oxygen atoms in total. The Morgan fingerprint density at radius 2 is 1.68 bits per heavy atom. The molecule has 1 aliphatic carbocycles.